The summed E-state index contributed by atoms with van der Waals surface area (Å²) in [6.45, 7) is 5.43. The maximum absolute atomic E-state index is 12.0. The van der Waals surface area contributed by atoms with Crippen molar-refractivity contribution in [3.05, 3.63) is 29.3 Å². The van der Waals surface area contributed by atoms with Gasteiger partial charge in [-0.2, -0.15) is 0 Å². The molecule has 0 aromatic heterocycles. The van der Waals surface area contributed by atoms with Crippen LogP contribution < -0.4 is 4.72 Å². The third-order valence-corrected chi connectivity index (χ3v) is 4.34. The van der Waals surface area contributed by atoms with E-state index >= 15 is 0 Å². The van der Waals surface area contributed by atoms with E-state index in [1.165, 1.54) is 0 Å². The standard InChI is InChI=1S/C12H19NO3S/c1-4-11(8-14)13-17(15,16)12-6-5-9(2)10(3)7-12/h5-7,11,13-14H,4,8H2,1-3H3. The van der Waals surface area contributed by atoms with Gasteiger partial charge in [-0.05, 0) is 43.5 Å². The van der Waals surface area contributed by atoms with Crippen molar-refractivity contribution in [3.63, 3.8) is 0 Å². The molecule has 1 unspecified atom stereocenters. The Hall–Kier alpha value is -0.910. The third-order valence-electron chi connectivity index (χ3n) is 2.82. The minimum absolute atomic E-state index is 0.194. The second-order valence-corrected chi connectivity index (χ2v) is 5.87. The number of hydrogen-bond donors (Lipinski definition) is 2. The van der Waals surface area contributed by atoms with Gasteiger partial charge in [0.1, 0.15) is 0 Å². The zero-order valence-corrected chi connectivity index (χ0v) is 11.2. The number of aryl methyl sites for hydroxylation is 2. The van der Waals surface area contributed by atoms with Gasteiger partial charge in [-0.15, -0.1) is 0 Å². The largest absolute Gasteiger partial charge is 0.395 e. The number of benzene rings is 1. The van der Waals surface area contributed by atoms with E-state index in [-0.39, 0.29) is 11.5 Å². The van der Waals surface area contributed by atoms with E-state index in [1.54, 1.807) is 18.2 Å². The van der Waals surface area contributed by atoms with E-state index in [2.05, 4.69) is 4.72 Å². The van der Waals surface area contributed by atoms with E-state index in [0.717, 1.165) is 11.1 Å². The SMILES string of the molecule is CCC(CO)NS(=O)(=O)c1ccc(C)c(C)c1. The fraction of sp³-hybridized carbons (Fsp3) is 0.500. The highest BCUT2D eigenvalue weighted by Gasteiger charge is 2.18. The lowest BCUT2D eigenvalue weighted by atomic mass is 10.1. The first-order valence-corrected chi connectivity index (χ1v) is 7.09. The van der Waals surface area contributed by atoms with Crippen molar-refractivity contribution in [2.24, 2.45) is 0 Å². The molecule has 2 N–H and O–H groups in total. The van der Waals surface area contributed by atoms with E-state index in [4.69, 9.17) is 5.11 Å². The molecule has 0 fully saturated rings. The molecule has 0 radical (unpaired) electrons. The van der Waals surface area contributed by atoms with Crippen LogP contribution in [0.2, 0.25) is 0 Å². The number of hydrogen-bond acceptors (Lipinski definition) is 3. The van der Waals surface area contributed by atoms with E-state index in [0.29, 0.717) is 6.42 Å². The third kappa shape index (κ3) is 3.52. The summed E-state index contributed by atoms with van der Waals surface area (Å²) in [5.74, 6) is 0. The second kappa shape index (κ2) is 5.62. The maximum atomic E-state index is 12.0. The van der Waals surface area contributed by atoms with Crippen LogP contribution in [0.25, 0.3) is 0 Å². The van der Waals surface area contributed by atoms with Crippen LogP contribution in [-0.2, 0) is 10.0 Å². The Morgan fingerprint density at radius 1 is 1.29 bits per heavy atom. The molecule has 5 heteroatoms. The summed E-state index contributed by atoms with van der Waals surface area (Å²) in [6.07, 6.45) is 0.556. The van der Waals surface area contributed by atoms with Gasteiger partial charge in [0.05, 0.1) is 11.5 Å². The highest BCUT2D eigenvalue weighted by atomic mass is 32.2. The maximum Gasteiger partial charge on any atom is 0.240 e. The minimum atomic E-state index is -3.53. The average molecular weight is 257 g/mol. The summed E-state index contributed by atoms with van der Waals surface area (Å²) >= 11 is 0. The Morgan fingerprint density at radius 2 is 1.94 bits per heavy atom. The summed E-state index contributed by atoms with van der Waals surface area (Å²) in [4.78, 5) is 0.243. The summed E-state index contributed by atoms with van der Waals surface area (Å²) in [6, 6.07) is 4.57. The Kier molecular flexibility index (Phi) is 4.68. The first-order chi connectivity index (χ1) is 7.90. The van der Waals surface area contributed by atoms with Crippen LogP contribution in [0.4, 0.5) is 0 Å². The van der Waals surface area contributed by atoms with Crippen molar-refractivity contribution in [1.29, 1.82) is 0 Å². The van der Waals surface area contributed by atoms with Crippen LogP contribution in [0.1, 0.15) is 24.5 Å². The topological polar surface area (TPSA) is 66.4 Å². The molecular formula is C12H19NO3S. The van der Waals surface area contributed by atoms with Gasteiger partial charge in [0.2, 0.25) is 10.0 Å². The molecule has 96 valence electrons. The molecule has 0 saturated heterocycles. The lowest BCUT2D eigenvalue weighted by Gasteiger charge is -2.15. The molecule has 0 heterocycles. The first kappa shape index (κ1) is 14.2. The summed E-state index contributed by atoms with van der Waals surface area (Å²) < 4.78 is 26.5. The molecule has 1 aromatic rings. The number of aliphatic hydroxyl groups is 1. The molecule has 17 heavy (non-hydrogen) atoms. The fourth-order valence-corrected chi connectivity index (χ4v) is 2.81. The van der Waals surface area contributed by atoms with Gasteiger partial charge < -0.3 is 5.11 Å². The quantitative estimate of drug-likeness (QED) is 0.837. The molecule has 1 atom stereocenters. The highest BCUT2D eigenvalue weighted by Crippen LogP contribution is 2.15. The van der Waals surface area contributed by atoms with Gasteiger partial charge in [-0.1, -0.05) is 13.0 Å². The molecule has 0 aliphatic rings. The van der Waals surface area contributed by atoms with E-state index in [1.807, 2.05) is 20.8 Å². The lowest BCUT2D eigenvalue weighted by Crippen LogP contribution is -2.36. The predicted octanol–water partition coefficient (Wildman–Crippen LogP) is 1.35. The molecule has 0 aliphatic heterocycles. The first-order valence-electron chi connectivity index (χ1n) is 5.61. The fourth-order valence-electron chi connectivity index (χ4n) is 1.42. The van der Waals surface area contributed by atoms with Crippen molar-refractivity contribution < 1.29 is 13.5 Å². The Labute approximate surface area is 103 Å². The molecule has 0 bridgehead atoms. The zero-order chi connectivity index (χ0) is 13.1. The van der Waals surface area contributed by atoms with E-state index < -0.39 is 16.1 Å². The molecule has 4 nitrogen and oxygen atoms in total. The van der Waals surface area contributed by atoms with Crippen LogP contribution >= 0.6 is 0 Å². The molecule has 1 aromatic carbocycles. The number of rotatable bonds is 5. The summed E-state index contributed by atoms with van der Waals surface area (Å²) in [7, 11) is -3.53. The average Bonchev–Trinajstić information content (AvgIpc) is 2.29. The lowest BCUT2D eigenvalue weighted by molar-refractivity contribution is 0.254. The summed E-state index contributed by atoms with van der Waals surface area (Å²) in [5, 5.41) is 9.01. The summed E-state index contributed by atoms with van der Waals surface area (Å²) in [5.41, 5.74) is 1.99. The van der Waals surface area contributed by atoms with Crippen molar-refractivity contribution in [2.75, 3.05) is 6.61 Å². The highest BCUT2D eigenvalue weighted by molar-refractivity contribution is 7.89. The van der Waals surface area contributed by atoms with Gasteiger partial charge >= 0.3 is 0 Å². The second-order valence-electron chi connectivity index (χ2n) is 4.16. The number of aliphatic hydroxyl groups excluding tert-OH is 1. The van der Waals surface area contributed by atoms with E-state index in [9.17, 15) is 8.42 Å². The van der Waals surface area contributed by atoms with Crippen LogP contribution in [0.5, 0.6) is 0 Å². The molecule has 1 rings (SSSR count). The van der Waals surface area contributed by atoms with Crippen LogP contribution in [0, 0.1) is 13.8 Å². The monoisotopic (exact) mass is 257 g/mol. The Morgan fingerprint density at radius 3 is 2.41 bits per heavy atom. The number of nitrogens with one attached hydrogen (secondary N) is 1. The van der Waals surface area contributed by atoms with Gasteiger partial charge in [0.25, 0.3) is 0 Å². The smallest absolute Gasteiger partial charge is 0.240 e. The van der Waals surface area contributed by atoms with Gasteiger partial charge in [0.15, 0.2) is 0 Å². The molecule has 0 saturated carbocycles. The van der Waals surface area contributed by atoms with Crippen LogP contribution in [0.3, 0.4) is 0 Å². The zero-order valence-electron chi connectivity index (χ0n) is 10.4. The normalized spacial score (nSPS) is 13.6. The molecule has 0 aliphatic carbocycles. The van der Waals surface area contributed by atoms with Gasteiger partial charge in [0, 0.05) is 6.04 Å². The van der Waals surface area contributed by atoms with Crippen molar-refractivity contribution in [1.82, 2.24) is 4.72 Å². The van der Waals surface area contributed by atoms with Gasteiger partial charge in [-0.3, -0.25) is 0 Å². The van der Waals surface area contributed by atoms with Crippen LogP contribution in [0.15, 0.2) is 23.1 Å². The Bertz CT molecular complexity index is 479. The van der Waals surface area contributed by atoms with Gasteiger partial charge in [-0.25, -0.2) is 13.1 Å². The Balaban J connectivity index is 3.01. The van der Waals surface area contributed by atoms with Crippen molar-refractivity contribution in [3.8, 4) is 0 Å². The minimum Gasteiger partial charge on any atom is -0.395 e. The molecule has 0 spiro atoms. The van der Waals surface area contributed by atoms with Crippen molar-refractivity contribution in [2.45, 2.75) is 38.1 Å². The predicted molar refractivity (Wildman–Crippen MR) is 67.4 cm³/mol. The molecule has 0 amide bonds. The number of sulfonamides is 1. The molecular weight excluding hydrogens is 238 g/mol. The van der Waals surface area contributed by atoms with Crippen molar-refractivity contribution >= 4 is 10.0 Å². The van der Waals surface area contributed by atoms with Crippen LogP contribution in [-0.4, -0.2) is 26.2 Å².